The van der Waals surface area contributed by atoms with Crippen molar-refractivity contribution in [2.24, 2.45) is 5.73 Å². The van der Waals surface area contributed by atoms with Crippen molar-refractivity contribution < 1.29 is 23.1 Å². The normalized spacial score (nSPS) is 12.8. The summed E-state index contributed by atoms with van der Waals surface area (Å²) in [5, 5.41) is 13.5. The maximum atomic E-state index is 13.4. The number of hydrogen-bond donors (Lipinski definition) is 2. The van der Waals surface area contributed by atoms with Gasteiger partial charge < -0.3 is 10.8 Å². The van der Waals surface area contributed by atoms with Crippen LogP contribution >= 0.6 is 0 Å². The number of nitrogens with zero attached hydrogens (tertiary/aromatic N) is 4. The van der Waals surface area contributed by atoms with Crippen LogP contribution in [-0.4, -0.2) is 37.4 Å². The van der Waals surface area contributed by atoms with Crippen LogP contribution in [0.15, 0.2) is 36.8 Å². The van der Waals surface area contributed by atoms with Crippen molar-refractivity contribution in [1.82, 2.24) is 19.7 Å². The monoisotopic (exact) mass is 405 g/mol. The van der Waals surface area contributed by atoms with Gasteiger partial charge in [0, 0.05) is 29.8 Å². The molecule has 1 unspecified atom stereocenters. The Labute approximate surface area is 164 Å². The zero-order valence-corrected chi connectivity index (χ0v) is 15.6. The summed E-state index contributed by atoms with van der Waals surface area (Å²) in [6.45, 7) is 3.13. The van der Waals surface area contributed by atoms with Gasteiger partial charge in [0.25, 0.3) is 0 Å². The van der Waals surface area contributed by atoms with E-state index in [4.69, 9.17) is 5.73 Å². The van der Waals surface area contributed by atoms with Crippen LogP contribution in [0.4, 0.5) is 13.2 Å². The number of aliphatic hydroxyl groups excluding tert-OH is 1. The Hall–Kier alpha value is -3.27. The number of alkyl halides is 3. The molecule has 152 valence electrons. The van der Waals surface area contributed by atoms with Crippen LogP contribution < -0.4 is 5.73 Å². The summed E-state index contributed by atoms with van der Waals surface area (Å²) in [7, 11) is 0. The molecule has 29 heavy (non-hydrogen) atoms. The molecule has 3 rings (SSSR count). The summed E-state index contributed by atoms with van der Waals surface area (Å²) in [5.41, 5.74) is 7.36. The van der Waals surface area contributed by atoms with Gasteiger partial charge >= 0.3 is 6.18 Å². The maximum absolute atomic E-state index is 13.4. The molecule has 0 radical (unpaired) electrons. The number of aliphatic hydroxyl groups is 1. The number of nitrogens with two attached hydrogens (primary N) is 1. The fraction of sp³-hybridized carbons (Fsp3) is 0.263. The fourth-order valence-electron chi connectivity index (χ4n) is 3.01. The van der Waals surface area contributed by atoms with Crippen LogP contribution in [0.1, 0.15) is 40.2 Å². The van der Waals surface area contributed by atoms with Gasteiger partial charge in [0.05, 0.1) is 11.4 Å². The van der Waals surface area contributed by atoms with Crippen molar-refractivity contribution >= 4 is 5.91 Å². The molecule has 0 aliphatic heterocycles. The van der Waals surface area contributed by atoms with E-state index in [0.29, 0.717) is 21.5 Å². The summed E-state index contributed by atoms with van der Waals surface area (Å²) in [6.07, 6.45) is -2.41. The van der Waals surface area contributed by atoms with Crippen LogP contribution in [0.25, 0.3) is 16.9 Å². The molecule has 7 nitrogen and oxygen atoms in total. The molecule has 10 heteroatoms. The lowest BCUT2D eigenvalue weighted by Crippen LogP contribution is -2.19. The number of benzene rings is 1. The molecule has 0 saturated heterocycles. The van der Waals surface area contributed by atoms with Crippen molar-refractivity contribution in [3.05, 3.63) is 59.3 Å². The summed E-state index contributed by atoms with van der Waals surface area (Å²) in [6, 6.07) is 6.13. The number of halogens is 3. The Kier molecular flexibility index (Phi) is 5.38. The second-order valence-electron chi connectivity index (χ2n) is 6.62. The second-order valence-corrected chi connectivity index (χ2v) is 6.62. The Balaban J connectivity index is 2.40. The molecule has 1 atom stereocenters. The lowest BCUT2D eigenvalue weighted by Gasteiger charge is -2.21. The van der Waals surface area contributed by atoms with Crippen LogP contribution in [-0.2, 0) is 6.18 Å². The van der Waals surface area contributed by atoms with Gasteiger partial charge in [-0.15, -0.1) is 0 Å². The molecule has 0 aliphatic carbocycles. The second kappa shape index (κ2) is 7.63. The Bertz CT molecular complexity index is 1040. The fourth-order valence-corrected chi connectivity index (χ4v) is 3.01. The van der Waals surface area contributed by atoms with Gasteiger partial charge in [-0.25, -0.2) is 9.67 Å². The summed E-state index contributed by atoms with van der Waals surface area (Å²) in [5.74, 6) is -2.67. The number of hydrogen-bond acceptors (Lipinski definition) is 5. The minimum Gasteiger partial charge on any atom is -0.396 e. The van der Waals surface area contributed by atoms with Crippen molar-refractivity contribution in [2.45, 2.75) is 25.9 Å². The Morgan fingerprint density at radius 1 is 1.28 bits per heavy atom. The third-order valence-corrected chi connectivity index (χ3v) is 4.43. The largest absolute Gasteiger partial charge is 0.451 e. The average Bonchev–Trinajstić information content (AvgIpc) is 3.17. The highest BCUT2D eigenvalue weighted by atomic mass is 19.4. The van der Waals surface area contributed by atoms with Crippen molar-refractivity contribution in [3.63, 3.8) is 0 Å². The summed E-state index contributed by atoms with van der Waals surface area (Å²) < 4.78 is 40.9. The third kappa shape index (κ3) is 3.97. The minimum absolute atomic E-state index is 0.0186. The first kappa shape index (κ1) is 20.5. The van der Waals surface area contributed by atoms with E-state index in [0.717, 1.165) is 11.9 Å². The molecule has 0 fully saturated rings. The van der Waals surface area contributed by atoms with E-state index in [1.807, 2.05) is 6.92 Å². The van der Waals surface area contributed by atoms with Gasteiger partial charge in [-0.1, -0.05) is 13.0 Å². The number of carbonyl (C=O) groups excluding carboxylic acids is 1. The molecule has 0 spiro atoms. The van der Waals surface area contributed by atoms with E-state index in [9.17, 15) is 23.1 Å². The topological polar surface area (TPSA) is 107 Å². The molecule has 1 amide bonds. The summed E-state index contributed by atoms with van der Waals surface area (Å²) >= 11 is 0. The maximum Gasteiger partial charge on any atom is 0.451 e. The van der Waals surface area contributed by atoms with E-state index >= 15 is 0 Å². The molecule has 2 heterocycles. The van der Waals surface area contributed by atoms with E-state index in [1.54, 1.807) is 25.3 Å². The SMILES string of the molecule is Cc1ccc(-c2cc(C(N)=O)cc(-n3ncnc3C(F)(F)F)c2C(C)CO)nc1. The molecule has 3 aromatic rings. The van der Waals surface area contributed by atoms with Crippen LogP contribution in [0.2, 0.25) is 0 Å². The van der Waals surface area contributed by atoms with Crippen molar-refractivity contribution in [2.75, 3.05) is 6.61 Å². The molecule has 0 bridgehead atoms. The number of aryl methyl sites for hydroxylation is 1. The van der Waals surface area contributed by atoms with Gasteiger partial charge in [-0.3, -0.25) is 9.78 Å². The van der Waals surface area contributed by atoms with Crippen molar-refractivity contribution in [3.8, 4) is 16.9 Å². The first-order valence-corrected chi connectivity index (χ1v) is 8.62. The highest BCUT2D eigenvalue weighted by Gasteiger charge is 2.38. The van der Waals surface area contributed by atoms with E-state index in [-0.39, 0.29) is 17.9 Å². The predicted molar refractivity (Wildman–Crippen MR) is 98.3 cm³/mol. The number of carbonyl (C=O) groups is 1. The Morgan fingerprint density at radius 2 is 2.00 bits per heavy atom. The number of rotatable bonds is 5. The molecular formula is C19H18F3N5O2. The van der Waals surface area contributed by atoms with E-state index < -0.39 is 23.8 Å². The molecular weight excluding hydrogens is 387 g/mol. The molecule has 3 N–H and O–H groups in total. The third-order valence-electron chi connectivity index (χ3n) is 4.43. The van der Waals surface area contributed by atoms with Crippen molar-refractivity contribution in [1.29, 1.82) is 0 Å². The molecule has 0 saturated carbocycles. The lowest BCUT2D eigenvalue weighted by molar-refractivity contribution is -0.146. The van der Waals surface area contributed by atoms with Gasteiger partial charge in [0.1, 0.15) is 6.33 Å². The first-order chi connectivity index (χ1) is 13.6. The standard InChI is InChI=1S/C19H18F3N5O2/c1-10-3-4-14(24-7-10)13-5-12(17(23)29)6-15(16(13)11(2)8-28)27-18(19(20,21)22)25-9-26-27/h3-7,9,11,28H,8H2,1-2H3,(H2,23,29). The average molecular weight is 405 g/mol. The Morgan fingerprint density at radius 3 is 2.55 bits per heavy atom. The highest BCUT2D eigenvalue weighted by molar-refractivity contribution is 5.95. The molecule has 1 aromatic carbocycles. The number of aromatic nitrogens is 4. The van der Waals surface area contributed by atoms with E-state index in [1.165, 1.54) is 12.1 Å². The zero-order chi connectivity index (χ0) is 21.3. The predicted octanol–water partition coefficient (Wildman–Crippen LogP) is 2.85. The summed E-state index contributed by atoms with van der Waals surface area (Å²) in [4.78, 5) is 19.5. The first-order valence-electron chi connectivity index (χ1n) is 8.62. The number of primary amides is 1. The molecule has 2 aromatic heterocycles. The quantitative estimate of drug-likeness (QED) is 0.679. The van der Waals surface area contributed by atoms with Gasteiger partial charge in [0.2, 0.25) is 11.7 Å². The molecule has 0 aliphatic rings. The van der Waals surface area contributed by atoms with Crippen LogP contribution in [0.5, 0.6) is 0 Å². The van der Waals surface area contributed by atoms with Crippen LogP contribution in [0, 0.1) is 6.92 Å². The number of amides is 1. The van der Waals surface area contributed by atoms with Crippen LogP contribution in [0.3, 0.4) is 0 Å². The highest BCUT2D eigenvalue weighted by Crippen LogP contribution is 2.37. The van der Waals surface area contributed by atoms with Gasteiger partial charge in [-0.2, -0.15) is 18.3 Å². The smallest absolute Gasteiger partial charge is 0.396 e. The number of pyridine rings is 1. The van der Waals surface area contributed by atoms with E-state index in [2.05, 4.69) is 15.1 Å². The minimum atomic E-state index is -4.78. The zero-order valence-electron chi connectivity index (χ0n) is 15.6. The van der Waals surface area contributed by atoms with Gasteiger partial charge in [0.15, 0.2) is 0 Å². The van der Waals surface area contributed by atoms with Gasteiger partial charge in [-0.05, 0) is 36.2 Å². The lowest BCUT2D eigenvalue weighted by atomic mass is 9.90.